The van der Waals surface area contributed by atoms with Crippen molar-refractivity contribution in [3.63, 3.8) is 0 Å². The number of hydrogen-bond acceptors (Lipinski definition) is 8. The quantitative estimate of drug-likeness (QED) is 0.139. The van der Waals surface area contributed by atoms with Gasteiger partial charge in [0.05, 0.1) is 44.8 Å². The first-order valence-electron chi connectivity index (χ1n) is 17.1. The van der Waals surface area contributed by atoms with E-state index in [1.165, 1.54) is 42.9 Å². The van der Waals surface area contributed by atoms with Crippen LogP contribution in [0.25, 0.3) is 27.5 Å². The topological polar surface area (TPSA) is 166 Å². The lowest BCUT2D eigenvalue weighted by molar-refractivity contribution is -0.123. The number of aromatic nitrogens is 6. The fourth-order valence-corrected chi connectivity index (χ4v) is 8.58. The Morgan fingerprint density at radius 3 is 2.46 bits per heavy atom. The van der Waals surface area contributed by atoms with E-state index in [1.54, 1.807) is 0 Å². The highest BCUT2D eigenvalue weighted by atomic mass is 35.5. The van der Waals surface area contributed by atoms with Crippen molar-refractivity contribution in [3.8, 4) is 11.4 Å². The van der Waals surface area contributed by atoms with Gasteiger partial charge in [-0.1, -0.05) is 18.5 Å². The minimum atomic E-state index is -3.91. The number of benzene rings is 3. The molecule has 3 N–H and O–H groups in total. The van der Waals surface area contributed by atoms with Crippen LogP contribution in [-0.2, 0) is 40.8 Å². The van der Waals surface area contributed by atoms with Gasteiger partial charge in [0.1, 0.15) is 41.1 Å². The molecule has 13 nitrogen and oxygen atoms in total. The lowest BCUT2D eigenvalue weighted by Gasteiger charge is -2.24. The van der Waals surface area contributed by atoms with Crippen molar-refractivity contribution in [1.82, 2.24) is 34.4 Å². The minimum absolute atomic E-state index is 0.0135. The van der Waals surface area contributed by atoms with Crippen LogP contribution in [0.5, 0.6) is 5.75 Å². The standard InChI is InChI=1S/C36H29ClF6N8O5S/c1-35-13-20(35)26-28(31(40)41)46-50(30(26)36(35,42)43)14-25(53)44-23(10-15-8-16(38)11-17(39)9-15)33-45-22-12-18(52)4-5-19(22)34(54)51(33)24-7-6-21(37)27-29(24)49(2)47-32(27)48-57(3,55)56/h4-9,11-12,20,23,31,52H,10,13-14H2,1-3H3,(H,44,53)(H,47,48)/t20?,23-,35?/m0/s1. The monoisotopic (exact) mass is 834 g/mol. The van der Waals surface area contributed by atoms with E-state index in [2.05, 4.69) is 25.2 Å². The Bertz CT molecular complexity index is 2860. The Morgan fingerprint density at radius 2 is 1.79 bits per heavy atom. The van der Waals surface area contributed by atoms with Crippen LogP contribution in [0.1, 0.15) is 60.1 Å². The van der Waals surface area contributed by atoms with Crippen LogP contribution in [-0.4, -0.2) is 54.8 Å². The van der Waals surface area contributed by atoms with Gasteiger partial charge in [-0.15, -0.1) is 0 Å². The Labute approximate surface area is 322 Å². The Hall–Kier alpha value is -5.63. The largest absolute Gasteiger partial charge is 0.508 e. The molecule has 3 atom stereocenters. The van der Waals surface area contributed by atoms with E-state index in [-0.39, 0.29) is 67.5 Å². The van der Waals surface area contributed by atoms with E-state index in [0.29, 0.717) is 10.7 Å². The fourth-order valence-electron chi connectivity index (χ4n) is 7.84. The zero-order valence-electron chi connectivity index (χ0n) is 29.8. The lowest BCUT2D eigenvalue weighted by atomic mass is 10.0. The molecular formula is C36H29ClF6N8O5S. The van der Waals surface area contributed by atoms with Crippen molar-refractivity contribution < 1.29 is 44.7 Å². The number of aryl methyl sites for hydroxylation is 1. The predicted octanol–water partition coefficient (Wildman–Crippen LogP) is 6.11. The van der Waals surface area contributed by atoms with E-state index in [0.717, 1.165) is 29.0 Å². The molecule has 2 aliphatic carbocycles. The Kier molecular flexibility index (Phi) is 8.69. The summed E-state index contributed by atoms with van der Waals surface area (Å²) in [5.74, 6) is -8.40. The number of carbonyl (C=O) groups is 1. The van der Waals surface area contributed by atoms with Crippen molar-refractivity contribution in [2.45, 2.75) is 50.6 Å². The normalized spacial score (nSPS) is 18.9. The Morgan fingerprint density at radius 1 is 1.09 bits per heavy atom. The summed E-state index contributed by atoms with van der Waals surface area (Å²) in [5, 5.41) is 20.9. The van der Waals surface area contributed by atoms with Crippen molar-refractivity contribution in [1.29, 1.82) is 0 Å². The predicted molar refractivity (Wildman–Crippen MR) is 194 cm³/mol. The maximum atomic E-state index is 15.8. The number of phenols is 1. The van der Waals surface area contributed by atoms with Crippen LogP contribution in [0.15, 0.2) is 53.3 Å². The number of anilines is 1. The first-order valence-corrected chi connectivity index (χ1v) is 19.4. The molecule has 3 aromatic carbocycles. The average Bonchev–Trinajstić information content (AvgIpc) is 3.40. The third-order valence-corrected chi connectivity index (χ3v) is 11.3. The molecule has 1 fully saturated rings. The molecule has 57 heavy (non-hydrogen) atoms. The summed E-state index contributed by atoms with van der Waals surface area (Å²) < 4.78 is 118. The molecular weight excluding hydrogens is 806 g/mol. The number of sulfonamides is 1. The van der Waals surface area contributed by atoms with Gasteiger partial charge in [0.2, 0.25) is 15.9 Å². The van der Waals surface area contributed by atoms with Crippen LogP contribution < -0.4 is 15.6 Å². The van der Waals surface area contributed by atoms with Gasteiger partial charge in [-0.25, -0.2) is 31.0 Å². The van der Waals surface area contributed by atoms with Gasteiger partial charge in [0, 0.05) is 42.5 Å². The first kappa shape index (κ1) is 38.3. The molecule has 3 aromatic heterocycles. The fraction of sp³-hybridized carbons (Fsp3) is 0.306. The van der Waals surface area contributed by atoms with Gasteiger partial charge >= 0.3 is 0 Å². The number of halogens is 7. The first-order chi connectivity index (χ1) is 26.7. The summed E-state index contributed by atoms with van der Waals surface area (Å²) in [6.07, 6.45) is -2.87. The van der Waals surface area contributed by atoms with Gasteiger partial charge in [0.15, 0.2) is 5.82 Å². The van der Waals surface area contributed by atoms with Gasteiger partial charge < -0.3 is 10.4 Å². The highest BCUT2D eigenvalue weighted by Crippen LogP contribution is 2.76. The smallest absolute Gasteiger partial charge is 0.295 e. The van der Waals surface area contributed by atoms with Crippen LogP contribution in [0.3, 0.4) is 0 Å². The van der Waals surface area contributed by atoms with E-state index >= 15 is 8.78 Å². The van der Waals surface area contributed by atoms with Crippen LogP contribution >= 0.6 is 11.6 Å². The Balaban J connectivity index is 1.32. The number of carbonyl (C=O) groups excluding carboxylic acids is 1. The number of nitrogens with zero attached hydrogens (tertiary/aromatic N) is 6. The molecule has 3 heterocycles. The van der Waals surface area contributed by atoms with Gasteiger partial charge in [-0.05, 0) is 48.4 Å². The molecule has 0 aliphatic heterocycles. The van der Waals surface area contributed by atoms with Crippen molar-refractivity contribution in [2.75, 3.05) is 11.0 Å². The number of aromatic hydroxyl groups is 1. The van der Waals surface area contributed by atoms with Crippen molar-refractivity contribution in [2.24, 2.45) is 12.5 Å². The third-order valence-electron chi connectivity index (χ3n) is 10.4. The molecule has 8 rings (SSSR count). The highest BCUT2D eigenvalue weighted by molar-refractivity contribution is 7.92. The van der Waals surface area contributed by atoms with Crippen LogP contribution in [0, 0.1) is 17.0 Å². The molecule has 0 spiro atoms. The summed E-state index contributed by atoms with van der Waals surface area (Å²) in [4.78, 5) is 33.2. The van der Waals surface area contributed by atoms with Crippen LogP contribution in [0.2, 0.25) is 5.02 Å². The molecule has 21 heteroatoms. The second-order valence-electron chi connectivity index (χ2n) is 14.4. The summed E-state index contributed by atoms with van der Waals surface area (Å²) in [7, 11) is -2.48. The maximum absolute atomic E-state index is 15.8. The molecule has 0 saturated heterocycles. The second kappa shape index (κ2) is 12.9. The summed E-state index contributed by atoms with van der Waals surface area (Å²) in [5.41, 5.74) is -4.51. The third kappa shape index (κ3) is 6.25. The van der Waals surface area contributed by atoms with Crippen LogP contribution in [0.4, 0.5) is 32.2 Å². The van der Waals surface area contributed by atoms with Gasteiger partial charge in [-0.3, -0.25) is 28.2 Å². The van der Waals surface area contributed by atoms with E-state index < -0.39 is 87.2 Å². The molecule has 1 saturated carbocycles. The molecule has 0 radical (unpaired) electrons. The summed E-state index contributed by atoms with van der Waals surface area (Å²) >= 11 is 6.55. The van der Waals surface area contributed by atoms with Gasteiger partial charge in [-0.2, -0.15) is 19.0 Å². The van der Waals surface area contributed by atoms with E-state index in [9.17, 15) is 40.7 Å². The second-order valence-corrected chi connectivity index (χ2v) is 16.6. The minimum Gasteiger partial charge on any atom is -0.508 e. The lowest BCUT2D eigenvalue weighted by Crippen LogP contribution is -2.38. The van der Waals surface area contributed by atoms with E-state index in [1.807, 2.05) is 0 Å². The van der Waals surface area contributed by atoms with Gasteiger partial charge in [0.25, 0.3) is 17.9 Å². The number of alkyl halides is 4. The molecule has 2 aliphatic rings. The maximum Gasteiger partial charge on any atom is 0.295 e. The molecule has 2 unspecified atom stereocenters. The molecule has 1 amide bonds. The number of phenolic OH excluding ortho intramolecular Hbond substituents is 1. The zero-order chi connectivity index (χ0) is 41.1. The number of fused-ring (bicyclic) bond motifs is 5. The molecule has 298 valence electrons. The number of amides is 1. The number of hydrogen-bond donors (Lipinski definition) is 3. The number of rotatable bonds is 10. The number of nitrogens with one attached hydrogen (secondary N) is 2. The SMILES string of the molecule is Cn1nc(NS(C)(=O)=O)c2c(Cl)ccc(-n3c([C@H](Cc4cc(F)cc(F)c4)NC(=O)Cn4nc(C(F)F)c5c4C(F)(F)C4(C)CC54)nc4cc(O)ccc4c3=O)c21. The van der Waals surface area contributed by atoms with E-state index in [4.69, 9.17) is 11.6 Å². The average molecular weight is 835 g/mol. The van der Waals surface area contributed by atoms with Crippen molar-refractivity contribution >= 4 is 55.2 Å². The molecule has 0 bridgehead atoms. The van der Waals surface area contributed by atoms with Crippen molar-refractivity contribution in [3.05, 3.63) is 104 Å². The zero-order valence-corrected chi connectivity index (χ0v) is 31.4. The highest BCUT2D eigenvalue weighted by Gasteiger charge is 2.75. The molecule has 6 aromatic rings. The summed E-state index contributed by atoms with van der Waals surface area (Å²) in [6.45, 7) is 0.262. The summed E-state index contributed by atoms with van der Waals surface area (Å²) in [6, 6.07) is 7.31.